The van der Waals surface area contributed by atoms with E-state index in [1.807, 2.05) is 0 Å². The van der Waals surface area contributed by atoms with Gasteiger partial charge in [0, 0.05) is 20.2 Å². The number of likely N-dealkylation sites (N-methyl/N-ethyl adjacent to an activating group) is 1. The SMILES string of the molecule is COCC(C)N(C)S(=O)(=O)c1ccc(F)cc1N. The van der Waals surface area contributed by atoms with Crippen molar-refractivity contribution in [2.45, 2.75) is 17.9 Å². The Labute approximate surface area is 106 Å². The van der Waals surface area contributed by atoms with Crippen molar-refractivity contribution in [3.63, 3.8) is 0 Å². The molecule has 102 valence electrons. The minimum Gasteiger partial charge on any atom is -0.398 e. The second-order valence-electron chi connectivity index (χ2n) is 4.01. The number of rotatable bonds is 5. The number of sulfonamides is 1. The Morgan fingerprint density at radius 1 is 1.50 bits per heavy atom. The maximum atomic E-state index is 12.9. The van der Waals surface area contributed by atoms with Crippen molar-refractivity contribution in [2.24, 2.45) is 0 Å². The molecule has 0 spiro atoms. The average molecular weight is 276 g/mol. The second-order valence-corrected chi connectivity index (χ2v) is 5.97. The third kappa shape index (κ3) is 2.98. The van der Waals surface area contributed by atoms with Crippen molar-refractivity contribution in [1.82, 2.24) is 4.31 Å². The van der Waals surface area contributed by atoms with Crippen LogP contribution in [0.4, 0.5) is 10.1 Å². The third-order valence-corrected chi connectivity index (χ3v) is 4.70. The fraction of sp³-hybridized carbons (Fsp3) is 0.455. The molecule has 0 saturated heterocycles. The highest BCUT2D eigenvalue weighted by Crippen LogP contribution is 2.23. The van der Waals surface area contributed by atoms with Crippen molar-refractivity contribution in [1.29, 1.82) is 0 Å². The zero-order valence-corrected chi connectivity index (χ0v) is 11.4. The molecule has 0 aliphatic rings. The smallest absolute Gasteiger partial charge is 0.245 e. The number of anilines is 1. The molecule has 1 aromatic rings. The molecule has 0 radical (unpaired) electrons. The summed E-state index contributed by atoms with van der Waals surface area (Å²) in [6, 6.07) is 2.87. The van der Waals surface area contributed by atoms with Gasteiger partial charge in [0.05, 0.1) is 12.3 Å². The van der Waals surface area contributed by atoms with Gasteiger partial charge in [0.25, 0.3) is 0 Å². The van der Waals surface area contributed by atoms with Crippen molar-refractivity contribution in [3.8, 4) is 0 Å². The van der Waals surface area contributed by atoms with Crippen LogP contribution in [0.1, 0.15) is 6.92 Å². The molecule has 5 nitrogen and oxygen atoms in total. The lowest BCUT2D eigenvalue weighted by atomic mass is 10.3. The summed E-state index contributed by atoms with van der Waals surface area (Å²) >= 11 is 0. The molecule has 0 aromatic heterocycles. The summed E-state index contributed by atoms with van der Waals surface area (Å²) in [5.41, 5.74) is 5.44. The second kappa shape index (κ2) is 5.64. The fourth-order valence-electron chi connectivity index (χ4n) is 1.49. The van der Waals surface area contributed by atoms with Crippen LogP contribution in [0, 0.1) is 5.82 Å². The summed E-state index contributed by atoms with van der Waals surface area (Å²) in [4.78, 5) is -0.102. The maximum Gasteiger partial charge on any atom is 0.245 e. The number of halogens is 1. The van der Waals surface area contributed by atoms with Gasteiger partial charge in [0.2, 0.25) is 10.0 Å². The molecule has 1 rings (SSSR count). The topological polar surface area (TPSA) is 72.6 Å². The van der Waals surface area contributed by atoms with Gasteiger partial charge in [-0.15, -0.1) is 0 Å². The number of hydrogen-bond donors (Lipinski definition) is 1. The quantitative estimate of drug-likeness (QED) is 0.816. The van der Waals surface area contributed by atoms with Gasteiger partial charge in [-0.2, -0.15) is 4.31 Å². The number of nitrogen functional groups attached to an aromatic ring is 1. The van der Waals surface area contributed by atoms with Gasteiger partial charge in [0.1, 0.15) is 10.7 Å². The van der Waals surface area contributed by atoms with E-state index in [0.29, 0.717) is 0 Å². The molecule has 0 amide bonds. The zero-order valence-electron chi connectivity index (χ0n) is 10.6. The van der Waals surface area contributed by atoms with Gasteiger partial charge in [0.15, 0.2) is 0 Å². The molecular formula is C11H17FN2O3S. The van der Waals surface area contributed by atoms with E-state index in [2.05, 4.69) is 0 Å². The largest absolute Gasteiger partial charge is 0.398 e. The molecule has 1 aromatic carbocycles. The Morgan fingerprint density at radius 3 is 2.61 bits per heavy atom. The van der Waals surface area contributed by atoms with Crippen LogP contribution in [0.15, 0.2) is 23.1 Å². The summed E-state index contributed by atoms with van der Waals surface area (Å²) in [5.74, 6) is -0.570. The highest BCUT2D eigenvalue weighted by atomic mass is 32.2. The lowest BCUT2D eigenvalue weighted by molar-refractivity contribution is 0.149. The van der Waals surface area contributed by atoms with Crippen LogP contribution >= 0.6 is 0 Å². The first kappa shape index (κ1) is 14.9. The predicted octanol–water partition coefficient (Wildman–Crippen LogP) is 1.06. The lowest BCUT2D eigenvalue weighted by Gasteiger charge is -2.24. The molecule has 0 heterocycles. The standard InChI is InChI=1S/C11H17FN2O3S/c1-8(7-17-3)14(2)18(15,16)11-5-4-9(12)6-10(11)13/h4-6,8H,7,13H2,1-3H3. The molecule has 0 bridgehead atoms. The van der Waals surface area contributed by atoms with Crippen LogP contribution in [-0.4, -0.2) is 39.5 Å². The van der Waals surface area contributed by atoms with Gasteiger partial charge in [-0.25, -0.2) is 12.8 Å². The minimum absolute atomic E-state index is 0.102. The van der Waals surface area contributed by atoms with E-state index in [9.17, 15) is 12.8 Å². The molecule has 7 heteroatoms. The normalized spacial score (nSPS) is 13.8. The van der Waals surface area contributed by atoms with Crippen LogP contribution in [0.25, 0.3) is 0 Å². The van der Waals surface area contributed by atoms with Crippen LogP contribution in [0.5, 0.6) is 0 Å². The van der Waals surface area contributed by atoms with Crippen LogP contribution in [0.2, 0.25) is 0 Å². The summed E-state index contributed by atoms with van der Waals surface area (Å²) < 4.78 is 43.5. The van der Waals surface area contributed by atoms with Gasteiger partial charge < -0.3 is 10.5 Å². The number of ether oxygens (including phenoxy) is 1. The van der Waals surface area contributed by atoms with Crippen LogP contribution < -0.4 is 5.73 Å². The van der Waals surface area contributed by atoms with Crippen LogP contribution in [-0.2, 0) is 14.8 Å². The Kier molecular flexibility index (Phi) is 4.66. The predicted molar refractivity (Wildman–Crippen MR) is 67.1 cm³/mol. The zero-order chi connectivity index (χ0) is 13.9. The van der Waals surface area contributed by atoms with E-state index in [4.69, 9.17) is 10.5 Å². The molecule has 0 aliphatic carbocycles. The molecule has 0 aliphatic heterocycles. The first-order valence-corrected chi connectivity index (χ1v) is 6.76. The molecule has 0 saturated carbocycles. The summed E-state index contributed by atoms with van der Waals surface area (Å²) in [7, 11) is -0.825. The molecular weight excluding hydrogens is 259 g/mol. The Balaban J connectivity index is 3.13. The van der Waals surface area contributed by atoms with E-state index in [1.54, 1.807) is 6.92 Å². The summed E-state index contributed by atoms with van der Waals surface area (Å²) in [5, 5.41) is 0. The van der Waals surface area contributed by atoms with Gasteiger partial charge in [-0.3, -0.25) is 0 Å². The van der Waals surface area contributed by atoms with Crippen molar-refractivity contribution < 1.29 is 17.5 Å². The number of methoxy groups -OCH3 is 1. The molecule has 18 heavy (non-hydrogen) atoms. The van der Waals surface area contributed by atoms with E-state index in [0.717, 1.165) is 22.5 Å². The van der Waals surface area contributed by atoms with Crippen molar-refractivity contribution >= 4 is 15.7 Å². The Bertz CT molecular complexity index is 519. The monoisotopic (exact) mass is 276 g/mol. The van der Waals surface area contributed by atoms with E-state index in [-0.39, 0.29) is 23.2 Å². The van der Waals surface area contributed by atoms with E-state index < -0.39 is 15.8 Å². The molecule has 1 atom stereocenters. The number of nitrogens with zero attached hydrogens (tertiary/aromatic N) is 1. The number of hydrogen-bond acceptors (Lipinski definition) is 4. The summed E-state index contributed by atoms with van der Waals surface area (Å²) in [6.45, 7) is 1.97. The molecule has 0 fully saturated rings. The highest BCUT2D eigenvalue weighted by molar-refractivity contribution is 7.89. The highest BCUT2D eigenvalue weighted by Gasteiger charge is 2.27. The maximum absolute atomic E-state index is 12.9. The Morgan fingerprint density at radius 2 is 2.11 bits per heavy atom. The molecule has 2 N–H and O–H groups in total. The van der Waals surface area contributed by atoms with Crippen molar-refractivity contribution in [3.05, 3.63) is 24.0 Å². The number of nitrogens with two attached hydrogens (primary N) is 1. The molecule has 1 unspecified atom stereocenters. The van der Waals surface area contributed by atoms with Crippen molar-refractivity contribution in [2.75, 3.05) is 26.5 Å². The summed E-state index contributed by atoms with van der Waals surface area (Å²) in [6.07, 6.45) is 0. The average Bonchev–Trinajstić information content (AvgIpc) is 2.27. The van der Waals surface area contributed by atoms with Gasteiger partial charge in [-0.05, 0) is 25.1 Å². The van der Waals surface area contributed by atoms with Gasteiger partial charge >= 0.3 is 0 Å². The fourth-order valence-corrected chi connectivity index (χ4v) is 2.93. The third-order valence-electron chi connectivity index (χ3n) is 2.66. The van der Waals surface area contributed by atoms with E-state index >= 15 is 0 Å². The Hall–Kier alpha value is -1.18. The lowest BCUT2D eigenvalue weighted by Crippen LogP contribution is -2.38. The van der Waals surface area contributed by atoms with Gasteiger partial charge in [-0.1, -0.05) is 0 Å². The minimum atomic E-state index is -3.75. The van der Waals surface area contributed by atoms with Crippen LogP contribution in [0.3, 0.4) is 0 Å². The van der Waals surface area contributed by atoms with E-state index in [1.165, 1.54) is 14.2 Å². The first-order valence-electron chi connectivity index (χ1n) is 5.32. The number of benzene rings is 1. The first-order chi connectivity index (χ1) is 8.30.